The Morgan fingerprint density at radius 2 is 1.73 bits per heavy atom. The van der Waals surface area contributed by atoms with Crippen LogP contribution in [-0.2, 0) is 4.79 Å². The van der Waals surface area contributed by atoms with Crippen molar-refractivity contribution < 1.29 is 40.3 Å². The molecule has 1 saturated carbocycles. The summed E-state index contributed by atoms with van der Waals surface area (Å²) < 4.78 is 94.2. The third kappa shape index (κ3) is 7.36. The number of nitrogens with one attached hydrogen (secondary N) is 3. The van der Waals surface area contributed by atoms with Crippen LogP contribution in [0.25, 0.3) is 11.0 Å². The Bertz CT molecular complexity index is 1410. The summed E-state index contributed by atoms with van der Waals surface area (Å²) in [6, 6.07) is 5.70. The zero-order valence-electron chi connectivity index (χ0n) is 22.2. The number of H-pyrrole nitrogens is 1. The third-order valence-corrected chi connectivity index (χ3v) is 7.44. The van der Waals surface area contributed by atoms with E-state index in [1.807, 2.05) is 0 Å². The van der Waals surface area contributed by atoms with Gasteiger partial charge in [0.2, 0.25) is 11.8 Å². The van der Waals surface area contributed by atoms with Crippen molar-refractivity contribution in [2.24, 2.45) is 11.8 Å². The number of aromatic amines is 1. The van der Waals surface area contributed by atoms with E-state index in [1.165, 1.54) is 0 Å². The number of hydrogen-bond donors (Lipinski definition) is 3. The minimum Gasteiger partial charge on any atom is -0.350 e. The van der Waals surface area contributed by atoms with Gasteiger partial charge in [-0.3, -0.25) is 9.59 Å². The zero-order valence-corrected chi connectivity index (χ0v) is 22.2. The Balaban J connectivity index is 1.58. The van der Waals surface area contributed by atoms with Crippen LogP contribution in [-0.4, -0.2) is 33.9 Å². The molecule has 0 unspecified atom stereocenters. The average Bonchev–Trinajstić information content (AvgIpc) is 3.31. The van der Waals surface area contributed by atoms with E-state index in [0.29, 0.717) is 16.6 Å². The second-order valence-corrected chi connectivity index (χ2v) is 10.6. The number of benzene rings is 2. The van der Waals surface area contributed by atoms with E-state index in [1.54, 1.807) is 25.1 Å². The minimum absolute atomic E-state index is 0.0469. The first-order chi connectivity index (χ1) is 19.1. The number of nitrogens with zero attached hydrogens (tertiary/aromatic N) is 1. The minimum atomic E-state index is -4.49. The van der Waals surface area contributed by atoms with Crippen LogP contribution in [0.2, 0.25) is 0 Å². The molecule has 0 spiro atoms. The van der Waals surface area contributed by atoms with Gasteiger partial charge in [-0.05, 0) is 61.6 Å². The van der Waals surface area contributed by atoms with Crippen LogP contribution in [0.5, 0.6) is 0 Å². The summed E-state index contributed by atoms with van der Waals surface area (Å²) in [5.74, 6) is -8.40. The summed E-state index contributed by atoms with van der Waals surface area (Å²) >= 11 is 0. The van der Waals surface area contributed by atoms with Gasteiger partial charge in [0.25, 0.3) is 5.91 Å². The summed E-state index contributed by atoms with van der Waals surface area (Å²) in [4.78, 5) is 32.7. The number of aromatic nitrogens is 2. The summed E-state index contributed by atoms with van der Waals surface area (Å²) in [5, 5.41) is 5.18. The predicted molar refractivity (Wildman–Crippen MR) is 136 cm³/mol. The van der Waals surface area contributed by atoms with Crippen molar-refractivity contribution in [1.29, 1.82) is 0 Å². The van der Waals surface area contributed by atoms with Crippen LogP contribution < -0.4 is 10.6 Å². The number of carbonyl (C=O) groups excluding carboxylic acids is 2. The Morgan fingerprint density at radius 3 is 2.39 bits per heavy atom. The Labute approximate surface area is 231 Å². The Hall–Kier alpha value is -3.64. The lowest BCUT2D eigenvalue weighted by Gasteiger charge is -2.33. The van der Waals surface area contributed by atoms with Crippen molar-refractivity contribution in [3.05, 3.63) is 65.0 Å². The number of amides is 2. The molecular formula is C28H29F7N4O2. The van der Waals surface area contributed by atoms with Gasteiger partial charge in [0.15, 0.2) is 0 Å². The molecule has 41 heavy (non-hydrogen) atoms. The largest absolute Gasteiger partial charge is 0.392 e. The van der Waals surface area contributed by atoms with Crippen LogP contribution in [0.15, 0.2) is 36.4 Å². The Kier molecular flexibility index (Phi) is 8.65. The van der Waals surface area contributed by atoms with Crippen LogP contribution in [0.1, 0.15) is 79.8 Å². The fraction of sp³-hybridized carbons (Fsp3) is 0.464. The highest BCUT2D eigenvalue weighted by Gasteiger charge is 2.40. The number of alkyl halides is 5. The maximum atomic E-state index is 14.3. The molecule has 3 N–H and O–H groups in total. The fourth-order valence-electron chi connectivity index (χ4n) is 4.94. The van der Waals surface area contributed by atoms with Gasteiger partial charge in [-0.15, -0.1) is 0 Å². The monoisotopic (exact) mass is 586 g/mol. The smallest absolute Gasteiger partial charge is 0.350 e. The van der Waals surface area contributed by atoms with Gasteiger partial charge in [-0.25, -0.2) is 22.5 Å². The van der Waals surface area contributed by atoms with E-state index >= 15 is 0 Å². The highest BCUT2D eigenvalue weighted by atomic mass is 19.4. The molecule has 0 aliphatic heterocycles. The van der Waals surface area contributed by atoms with Crippen LogP contribution in [0.4, 0.5) is 30.7 Å². The van der Waals surface area contributed by atoms with Crippen LogP contribution in [0, 0.1) is 23.5 Å². The van der Waals surface area contributed by atoms with Crippen molar-refractivity contribution in [1.82, 2.24) is 20.6 Å². The second kappa shape index (κ2) is 11.7. The summed E-state index contributed by atoms with van der Waals surface area (Å²) in [5.41, 5.74) is 0.907. The molecule has 1 aliphatic rings. The molecular weight excluding hydrogens is 557 g/mol. The quantitative estimate of drug-likeness (QED) is 0.251. The van der Waals surface area contributed by atoms with Crippen molar-refractivity contribution in [2.45, 2.75) is 70.1 Å². The van der Waals surface area contributed by atoms with Crippen molar-refractivity contribution >= 4 is 22.8 Å². The van der Waals surface area contributed by atoms with Gasteiger partial charge in [0.1, 0.15) is 17.5 Å². The molecule has 0 radical (unpaired) electrons. The number of hydrogen-bond acceptors (Lipinski definition) is 3. The molecule has 1 heterocycles. The lowest BCUT2D eigenvalue weighted by molar-refractivity contribution is -0.174. The van der Waals surface area contributed by atoms with Crippen molar-refractivity contribution in [2.75, 3.05) is 0 Å². The third-order valence-electron chi connectivity index (χ3n) is 7.44. The van der Waals surface area contributed by atoms with Gasteiger partial charge >= 0.3 is 6.18 Å². The number of imidazole rings is 1. The standard InChI is InChI=1S/C28H29F7N4O2/c1-14(28(33,34)35)11-23(40)36-15(2)17-3-6-21-22(12-17)38-25(37-21)24(16-7-9-27(31,32)10-8-16)39-26(41)19-13-18(29)4-5-20(19)30/h3-6,12-16,24H,7-11H2,1-2H3,(H,36,40)(H,37,38)(H,39,41)/t14-,15-,24+/m1/s1. The fourth-order valence-corrected chi connectivity index (χ4v) is 4.94. The summed E-state index contributed by atoms with van der Waals surface area (Å²) in [7, 11) is 0. The number of carbonyl (C=O) groups is 2. The van der Waals surface area contributed by atoms with Gasteiger partial charge < -0.3 is 15.6 Å². The lowest BCUT2D eigenvalue weighted by atomic mass is 9.81. The topological polar surface area (TPSA) is 86.9 Å². The second-order valence-electron chi connectivity index (χ2n) is 10.6. The first-order valence-electron chi connectivity index (χ1n) is 13.1. The SMILES string of the molecule is C[C@H](CC(=O)N[C@H](C)c1ccc2nc([C@@H](NC(=O)c3cc(F)ccc3F)C3CCC(F)(F)CC3)[nH]c2c1)C(F)(F)F. The lowest BCUT2D eigenvalue weighted by Crippen LogP contribution is -2.38. The summed E-state index contributed by atoms with van der Waals surface area (Å²) in [6.45, 7) is 2.53. The zero-order chi connectivity index (χ0) is 30.1. The molecule has 3 aromatic rings. The molecule has 1 aromatic heterocycles. The van der Waals surface area contributed by atoms with E-state index in [0.717, 1.165) is 25.1 Å². The molecule has 4 rings (SSSR count). The van der Waals surface area contributed by atoms with Crippen LogP contribution in [0.3, 0.4) is 0 Å². The predicted octanol–water partition coefficient (Wildman–Crippen LogP) is 6.90. The van der Waals surface area contributed by atoms with E-state index < -0.39 is 84.3 Å². The number of rotatable bonds is 8. The number of fused-ring (bicyclic) bond motifs is 1. The summed E-state index contributed by atoms with van der Waals surface area (Å²) in [6.07, 6.45) is -5.94. The average molecular weight is 587 g/mol. The normalized spacial score (nSPS) is 18.1. The van der Waals surface area contributed by atoms with Gasteiger partial charge in [-0.1, -0.05) is 13.0 Å². The van der Waals surface area contributed by atoms with E-state index in [-0.39, 0.29) is 18.7 Å². The van der Waals surface area contributed by atoms with Crippen LogP contribution >= 0.6 is 0 Å². The molecule has 1 aliphatic carbocycles. The van der Waals surface area contributed by atoms with Gasteiger partial charge in [0, 0.05) is 19.3 Å². The van der Waals surface area contributed by atoms with Gasteiger partial charge in [-0.2, -0.15) is 13.2 Å². The number of halogens is 7. The van der Waals surface area contributed by atoms with E-state index in [4.69, 9.17) is 0 Å². The molecule has 2 amide bonds. The van der Waals surface area contributed by atoms with E-state index in [9.17, 15) is 40.3 Å². The first kappa shape index (κ1) is 30.3. The molecule has 13 heteroatoms. The van der Waals surface area contributed by atoms with Crippen molar-refractivity contribution in [3.8, 4) is 0 Å². The molecule has 1 fully saturated rings. The highest BCUT2D eigenvalue weighted by Crippen LogP contribution is 2.41. The Morgan fingerprint density at radius 1 is 1.05 bits per heavy atom. The molecule has 0 bridgehead atoms. The molecule has 0 saturated heterocycles. The molecule has 2 aromatic carbocycles. The van der Waals surface area contributed by atoms with E-state index in [2.05, 4.69) is 20.6 Å². The highest BCUT2D eigenvalue weighted by molar-refractivity contribution is 5.94. The maximum Gasteiger partial charge on any atom is 0.392 e. The molecule has 222 valence electrons. The molecule has 3 atom stereocenters. The first-order valence-corrected chi connectivity index (χ1v) is 13.1. The van der Waals surface area contributed by atoms with Crippen molar-refractivity contribution in [3.63, 3.8) is 0 Å². The molecule has 6 nitrogen and oxygen atoms in total. The van der Waals surface area contributed by atoms with Gasteiger partial charge in [0.05, 0.1) is 34.6 Å². The maximum absolute atomic E-state index is 14.3.